The lowest BCUT2D eigenvalue weighted by Gasteiger charge is -2.02. The lowest BCUT2D eigenvalue weighted by Crippen LogP contribution is -2.06. The van der Waals surface area contributed by atoms with Gasteiger partial charge in [0.2, 0.25) is 0 Å². The van der Waals surface area contributed by atoms with Crippen molar-refractivity contribution in [3.05, 3.63) is 69.7 Å². The maximum atomic E-state index is 11.9. The Morgan fingerprint density at radius 2 is 1.06 bits per heavy atom. The van der Waals surface area contributed by atoms with Gasteiger partial charge in [-0.15, -0.1) is 0 Å². The van der Waals surface area contributed by atoms with E-state index in [0.29, 0.717) is 22.9 Å². The summed E-state index contributed by atoms with van der Waals surface area (Å²) < 4.78 is 0. The molecule has 0 aliphatic heterocycles. The first-order valence-corrected chi connectivity index (χ1v) is 6.39. The van der Waals surface area contributed by atoms with Crippen molar-refractivity contribution in [3.63, 3.8) is 0 Å². The quantitative estimate of drug-likeness (QED) is 0.813. The number of halogens is 2. The minimum atomic E-state index is 0.180. The molecule has 0 spiro atoms. The molecule has 0 aromatic heterocycles. The van der Waals surface area contributed by atoms with Crippen LogP contribution in [0.3, 0.4) is 0 Å². The fourth-order valence-electron chi connectivity index (χ4n) is 1.72. The molecule has 0 aliphatic carbocycles. The molecule has 3 heteroatoms. The minimum Gasteiger partial charge on any atom is -0.299 e. The van der Waals surface area contributed by atoms with Crippen LogP contribution in [0.25, 0.3) is 0 Å². The van der Waals surface area contributed by atoms with E-state index in [1.54, 1.807) is 24.3 Å². The summed E-state index contributed by atoms with van der Waals surface area (Å²) in [5.74, 6) is 0.180. The average molecular weight is 279 g/mol. The molecule has 2 aromatic carbocycles. The summed E-state index contributed by atoms with van der Waals surface area (Å²) in [7, 11) is 0. The molecule has 2 aromatic rings. The first-order chi connectivity index (χ1) is 8.63. The van der Waals surface area contributed by atoms with Crippen LogP contribution in [-0.4, -0.2) is 5.78 Å². The Labute approximate surface area is 116 Å². The van der Waals surface area contributed by atoms with E-state index in [4.69, 9.17) is 23.2 Å². The number of rotatable bonds is 4. The summed E-state index contributed by atoms with van der Waals surface area (Å²) in [6, 6.07) is 14.7. The zero-order chi connectivity index (χ0) is 13.0. The fraction of sp³-hybridized carbons (Fsp3) is 0.133. The normalized spacial score (nSPS) is 10.3. The standard InChI is InChI=1S/C15H12Cl2O/c16-13-5-1-11(2-6-13)9-15(18)10-12-3-7-14(17)8-4-12/h1-8H,9-10H2. The summed E-state index contributed by atoms with van der Waals surface area (Å²) in [5, 5.41) is 1.37. The van der Waals surface area contributed by atoms with E-state index in [2.05, 4.69) is 0 Å². The Hall–Kier alpha value is -1.31. The van der Waals surface area contributed by atoms with Crippen molar-refractivity contribution in [3.8, 4) is 0 Å². The van der Waals surface area contributed by atoms with E-state index in [-0.39, 0.29) is 5.78 Å². The minimum absolute atomic E-state index is 0.180. The molecule has 0 saturated carbocycles. The SMILES string of the molecule is O=C(Cc1ccc(Cl)cc1)Cc1ccc(Cl)cc1. The van der Waals surface area contributed by atoms with E-state index in [0.717, 1.165) is 11.1 Å². The summed E-state index contributed by atoms with van der Waals surface area (Å²) >= 11 is 11.6. The van der Waals surface area contributed by atoms with Crippen molar-refractivity contribution < 1.29 is 4.79 Å². The molecule has 0 atom stereocenters. The smallest absolute Gasteiger partial charge is 0.141 e. The zero-order valence-electron chi connectivity index (χ0n) is 9.70. The summed E-state index contributed by atoms with van der Waals surface area (Å²) in [6.07, 6.45) is 0.861. The van der Waals surface area contributed by atoms with Gasteiger partial charge in [0.15, 0.2) is 0 Å². The van der Waals surface area contributed by atoms with Crippen LogP contribution in [0.5, 0.6) is 0 Å². The summed E-state index contributed by atoms with van der Waals surface area (Å²) in [6.45, 7) is 0. The molecule has 0 unspecified atom stereocenters. The molecule has 0 amide bonds. The predicted molar refractivity (Wildman–Crippen MR) is 75.3 cm³/mol. The van der Waals surface area contributed by atoms with Gasteiger partial charge in [-0.2, -0.15) is 0 Å². The molecular formula is C15H12Cl2O. The van der Waals surface area contributed by atoms with E-state index in [9.17, 15) is 4.79 Å². The Morgan fingerprint density at radius 3 is 1.39 bits per heavy atom. The van der Waals surface area contributed by atoms with E-state index < -0.39 is 0 Å². The Morgan fingerprint density at radius 1 is 0.722 bits per heavy atom. The highest BCUT2D eigenvalue weighted by atomic mass is 35.5. The molecule has 1 nitrogen and oxygen atoms in total. The van der Waals surface area contributed by atoms with Crippen molar-refractivity contribution in [1.29, 1.82) is 0 Å². The van der Waals surface area contributed by atoms with Crippen molar-refractivity contribution in [2.45, 2.75) is 12.8 Å². The molecule has 0 saturated heterocycles. The van der Waals surface area contributed by atoms with Gasteiger partial charge in [-0.25, -0.2) is 0 Å². The van der Waals surface area contributed by atoms with Gasteiger partial charge in [-0.1, -0.05) is 47.5 Å². The third-order valence-corrected chi connectivity index (χ3v) is 3.13. The van der Waals surface area contributed by atoms with Crippen LogP contribution in [0.4, 0.5) is 0 Å². The molecule has 18 heavy (non-hydrogen) atoms. The molecule has 0 radical (unpaired) electrons. The molecule has 0 bridgehead atoms. The zero-order valence-corrected chi connectivity index (χ0v) is 11.2. The van der Waals surface area contributed by atoms with E-state index in [1.807, 2.05) is 24.3 Å². The first kappa shape index (κ1) is 13.1. The molecule has 2 rings (SSSR count). The second-order valence-electron chi connectivity index (χ2n) is 4.15. The van der Waals surface area contributed by atoms with Crippen LogP contribution in [0.2, 0.25) is 10.0 Å². The molecular weight excluding hydrogens is 267 g/mol. The molecule has 0 heterocycles. The van der Waals surface area contributed by atoms with Gasteiger partial charge in [-0.3, -0.25) is 4.79 Å². The van der Waals surface area contributed by atoms with Crippen LogP contribution >= 0.6 is 23.2 Å². The van der Waals surface area contributed by atoms with Gasteiger partial charge in [0.05, 0.1) is 0 Å². The van der Waals surface area contributed by atoms with Crippen LogP contribution in [0.1, 0.15) is 11.1 Å². The molecule has 0 N–H and O–H groups in total. The van der Waals surface area contributed by atoms with E-state index in [1.165, 1.54) is 0 Å². The Kier molecular flexibility index (Phi) is 4.40. The molecule has 92 valence electrons. The van der Waals surface area contributed by atoms with Crippen molar-refractivity contribution in [1.82, 2.24) is 0 Å². The Balaban J connectivity index is 1.96. The number of ketones is 1. The van der Waals surface area contributed by atoms with Gasteiger partial charge in [-0.05, 0) is 35.4 Å². The molecule has 0 aliphatic rings. The number of benzene rings is 2. The maximum Gasteiger partial charge on any atom is 0.141 e. The van der Waals surface area contributed by atoms with Crippen LogP contribution in [0.15, 0.2) is 48.5 Å². The topological polar surface area (TPSA) is 17.1 Å². The third-order valence-electron chi connectivity index (χ3n) is 2.63. The number of carbonyl (C=O) groups is 1. The lowest BCUT2D eigenvalue weighted by atomic mass is 10.0. The summed E-state index contributed by atoms with van der Waals surface area (Å²) in [4.78, 5) is 11.9. The first-order valence-electron chi connectivity index (χ1n) is 5.64. The predicted octanol–water partition coefficient (Wildman–Crippen LogP) is 4.35. The van der Waals surface area contributed by atoms with Gasteiger partial charge in [0.1, 0.15) is 5.78 Å². The van der Waals surface area contributed by atoms with Gasteiger partial charge in [0.25, 0.3) is 0 Å². The third kappa shape index (κ3) is 3.86. The van der Waals surface area contributed by atoms with Crippen LogP contribution < -0.4 is 0 Å². The number of hydrogen-bond acceptors (Lipinski definition) is 1. The Bertz CT molecular complexity index is 480. The average Bonchev–Trinajstić information content (AvgIpc) is 2.35. The highest BCUT2D eigenvalue weighted by Crippen LogP contribution is 2.13. The number of Topliss-reactive ketones (excluding diaryl/α,β-unsaturated/α-hetero) is 1. The number of carbonyl (C=O) groups excluding carboxylic acids is 1. The largest absolute Gasteiger partial charge is 0.299 e. The van der Waals surface area contributed by atoms with Gasteiger partial charge in [0, 0.05) is 22.9 Å². The van der Waals surface area contributed by atoms with Gasteiger partial charge >= 0.3 is 0 Å². The maximum absolute atomic E-state index is 11.9. The molecule has 0 fully saturated rings. The van der Waals surface area contributed by atoms with E-state index >= 15 is 0 Å². The van der Waals surface area contributed by atoms with Crippen LogP contribution in [-0.2, 0) is 17.6 Å². The van der Waals surface area contributed by atoms with Crippen molar-refractivity contribution in [2.24, 2.45) is 0 Å². The number of hydrogen-bond donors (Lipinski definition) is 0. The van der Waals surface area contributed by atoms with Crippen molar-refractivity contribution >= 4 is 29.0 Å². The van der Waals surface area contributed by atoms with Crippen LogP contribution in [0, 0.1) is 0 Å². The van der Waals surface area contributed by atoms with Gasteiger partial charge < -0.3 is 0 Å². The van der Waals surface area contributed by atoms with Crippen molar-refractivity contribution in [2.75, 3.05) is 0 Å². The fourth-order valence-corrected chi connectivity index (χ4v) is 1.97. The summed E-state index contributed by atoms with van der Waals surface area (Å²) in [5.41, 5.74) is 1.97. The second kappa shape index (κ2) is 6.03. The second-order valence-corrected chi connectivity index (χ2v) is 5.02. The monoisotopic (exact) mass is 278 g/mol. The highest BCUT2D eigenvalue weighted by Gasteiger charge is 2.05. The lowest BCUT2D eigenvalue weighted by molar-refractivity contribution is -0.117. The highest BCUT2D eigenvalue weighted by molar-refractivity contribution is 6.30.